The molecule has 0 unspecified atom stereocenters. The standard InChI is InChI=1S/C17H16N2O2/c1-18-17(20)13-6-4-7-14(9-13)19-11-15-10-12-5-2-3-8-16(12)21-15/h2-10,19H,11H2,1H3,(H,18,20). The topological polar surface area (TPSA) is 54.3 Å². The molecule has 1 heterocycles. The number of fused-ring (bicyclic) bond motifs is 1. The fraction of sp³-hybridized carbons (Fsp3) is 0.118. The molecule has 21 heavy (non-hydrogen) atoms. The fourth-order valence-electron chi connectivity index (χ4n) is 2.23. The SMILES string of the molecule is CNC(=O)c1cccc(NCc2cc3ccccc3o2)c1. The Hall–Kier alpha value is -2.75. The van der Waals surface area contributed by atoms with Crippen molar-refractivity contribution in [2.75, 3.05) is 12.4 Å². The summed E-state index contributed by atoms with van der Waals surface area (Å²) in [6, 6.07) is 17.3. The monoisotopic (exact) mass is 280 g/mol. The zero-order chi connectivity index (χ0) is 14.7. The van der Waals surface area contributed by atoms with E-state index >= 15 is 0 Å². The summed E-state index contributed by atoms with van der Waals surface area (Å²) in [5, 5.41) is 6.97. The maximum atomic E-state index is 11.6. The second-order valence-corrected chi connectivity index (χ2v) is 4.76. The summed E-state index contributed by atoms with van der Waals surface area (Å²) in [6.07, 6.45) is 0. The normalized spacial score (nSPS) is 10.5. The highest BCUT2D eigenvalue weighted by Gasteiger charge is 2.05. The minimum Gasteiger partial charge on any atom is -0.459 e. The van der Waals surface area contributed by atoms with Gasteiger partial charge in [0.2, 0.25) is 0 Å². The first-order chi connectivity index (χ1) is 10.3. The van der Waals surface area contributed by atoms with Crippen molar-refractivity contribution in [1.82, 2.24) is 5.32 Å². The van der Waals surface area contributed by atoms with Crippen molar-refractivity contribution in [3.8, 4) is 0 Å². The largest absolute Gasteiger partial charge is 0.459 e. The number of rotatable bonds is 4. The average molecular weight is 280 g/mol. The van der Waals surface area contributed by atoms with Crippen LogP contribution in [-0.2, 0) is 6.54 Å². The van der Waals surface area contributed by atoms with Crippen molar-refractivity contribution >= 4 is 22.6 Å². The van der Waals surface area contributed by atoms with Crippen LogP contribution in [-0.4, -0.2) is 13.0 Å². The zero-order valence-electron chi connectivity index (χ0n) is 11.7. The van der Waals surface area contributed by atoms with E-state index in [2.05, 4.69) is 10.6 Å². The lowest BCUT2D eigenvalue weighted by molar-refractivity contribution is 0.0963. The van der Waals surface area contributed by atoms with Gasteiger partial charge >= 0.3 is 0 Å². The molecule has 4 nitrogen and oxygen atoms in total. The molecule has 0 atom stereocenters. The van der Waals surface area contributed by atoms with Crippen LogP contribution in [0.15, 0.2) is 59.0 Å². The molecule has 0 aliphatic rings. The number of anilines is 1. The molecule has 0 bridgehead atoms. The molecule has 0 aliphatic heterocycles. The molecule has 2 aromatic carbocycles. The number of benzene rings is 2. The van der Waals surface area contributed by atoms with Gasteiger partial charge in [0.25, 0.3) is 5.91 Å². The van der Waals surface area contributed by atoms with Crippen LogP contribution in [0.3, 0.4) is 0 Å². The number of carbonyl (C=O) groups excluding carboxylic acids is 1. The summed E-state index contributed by atoms with van der Waals surface area (Å²) in [7, 11) is 1.62. The molecule has 106 valence electrons. The lowest BCUT2D eigenvalue weighted by atomic mass is 10.2. The first-order valence-corrected chi connectivity index (χ1v) is 6.80. The number of hydrogen-bond donors (Lipinski definition) is 2. The second-order valence-electron chi connectivity index (χ2n) is 4.76. The van der Waals surface area contributed by atoms with Gasteiger partial charge in [0.05, 0.1) is 6.54 Å². The first kappa shape index (κ1) is 13.2. The van der Waals surface area contributed by atoms with E-state index in [1.54, 1.807) is 13.1 Å². The van der Waals surface area contributed by atoms with Gasteiger partial charge in [-0.3, -0.25) is 4.79 Å². The van der Waals surface area contributed by atoms with Gasteiger partial charge in [-0.25, -0.2) is 0 Å². The Kier molecular flexibility index (Phi) is 3.60. The van der Waals surface area contributed by atoms with Crippen molar-refractivity contribution < 1.29 is 9.21 Å². The van der Waals surface area contributed by atoms with E-state index in [1.807, 2.05) is 48.5 Å². The van der Waals surface area contributed by atoms with Crippen molar-refractivity contribution in [3.63, 3.8) is 0 Å². The third-order valence-electron chi connectivity index (χ3n) is 3.30. The summed E-state index contributed by atoms with van der Waals surface area (Å²) in [5.74, 6) is 0.768. The van der Waals surface area contributed by atoms with E-state index in [0.29, 0.717) is 12.1 Å². The summed E-state index contributed by atoms with van der Waals surface area (Å²) < 4.78 is 5.75. The van der Waals surface area contributed by atoms with Gasteiger partial charge in [0, 0.05) is 23.7 Å². The fourth-order valence-corrected chi connectivity index (χ4v) is 2.23. The zero-order valence-corrected chi connectivity index (χ0v) is 11.7. The minimum atomic E-state index is -0.0950. The Bertz CT molecular complexity index is 744. The number of para-hydroxylation sites is 1. The predicted molar refractivity (Wildman–Crippen MR) is 83.4 cm³/mol. The summed E-state index contributed by atoms with van der Waals surface area (Å²) in [5.41, 5.74) is 2.40. The molecule has 0 saturated heterocycles. The molecule has 0 radical (unpaired) electrons. The number of amides is 1. The molecule has 1 amide bonds. The minimum absolute atomic E-state index is 0.0950. The number of hydrogen-bond acceptors (Lipinski definition) is 3. The quantitative estimate of drug-likeness (QED) is 0.770. The molecule has 0 fully saturated rings. The Morgan fingerprint density at radius 1 is 1.10 bits per heavy atom. The second kappa shape index (κ2) is 5.71. The molecule has 3 rings (SSSR count). The van der Waals surface area contributed by atoms with Crippen LogP contribution in [0.25, 0.3) is 11.0 Å². The maximum absolute atomic E-state index is 11.6. The Morgan fingerprint density at radius 3 is 2.76 bits per heavy atom. The lowest BCUT2D eigenvalue weighted by Gasteiger charge is -2.06. The van der Waals surface area contributed by atoms with Crippen LogP contribution in [0, 0.1) is 0 Å². The molecule has 0 aliphatic carbocycles. The van der Waals surface area contributed by atoms with E-state index in [1.165, 1.54) is 0 Å². The van der Waals surface area contributed by atoms with Crippen LogP contribution in [0.4, 0.5) is 5.69 Å². The van der Waals surface area contributed by atoms with E-state index in [0.717, 1.165) is 22.4 Å². The number of nitrogens with one attached hydrogen (secondary N) is 2. The number of carbonyl (C=O) groups is 1. The smallest absolute Gasteiger partial charge is 0.251 e. The first-order valence-electron chi connectivity index (χ1n) is 6.80. The summed E-state index contributed by atoms with van der Waals surface area (Å²) in [4.78, 5) is 11.6. The predicted octanol–water partition coefficient (Wildman–Crippen LogP) is 3.40. The van der Waals surface area contributed by atoms with Gasteiger partial charge in [-0.2, -0.15) is 0 Å². The molecule has 4 heteroatoms. The summed E-state index contributed by atoms with van der Waals surface area (Å²) >= 11 is 0. The van der Waals surface area contributed by atoms with Crippen LogP contribution >= 0.6 is 0 Å². The molecular weight excluding hydrogens is 264 g/mol. The van der Waals surface area contributed by atoms with Crippen molar-refractivity contribution in [2.24, 2.45) is 0 Å². The molecule has 2 N–H and O–H groups in total. The lowest BCUT2D eigenvalue weighted by Crippen LogP contribution is -2.17. The highest BCUT2D eigenvalue weighted by atomic mass is 16.3. The van der Waals surface area contributed by atoms with Gasteiger partial charge in [-0.1, -0.05) is 24.3 Å². The van der Waals surface area contributed by atoms with Crippen LogP contribution in [0.5, 0.6) is 0 Å². The van der Waals surface area contributed by atoms with Gasteiger partial charge in [-0.05, 0) is 30.3 Å². The highest BCUT2D eigenvalue weighted by Crippen LogP contribution is 2.20. The average Bonchev–Trinajstić information content (AvgIpc) is 2.95. The van der Waals surface area contributed by atoms with Crippen molar-refractivity contribution in [1.29, 1.82) is 0 Å². The molecule has 0 saturated carbocycles. The Morgan fingerprint density at radius 2 is 1.95 bits per heavy atom. The highest BCUT2D eigenvalue weighted by molar-refractivity contribution is 5.94. The molecule has 1 aromatic heterocycles. The van der Waals surface area contributed by atoms with Gasteiger partial charge in [0.1, 0.15) is 11.3 Å². The van der Waals surface area contributed by atoms with E-state index in [9.17, 15) is 4.79 Å². The third-order valence-corrected chi connectivity index (χ3v) is 3.30. The molecular formula is C17H16N2O2. The van der Waals surface area contributed by atoms with Crippen LogP contribution in [0.1, 0.15) is 16.1 Å². The molecule has 0 spiro atoms. The van der Waals surface area contributed by atoms with E-state index in [-0.39, 0.29) is 5.91 Å². The third kappa shape index (κ3) is 2.89. The maximum Gasteiger partial charge on any atom is 0.251 e. The van der Waals surface area contributed by atoms with Crippen molar-refractivity contribution in [2.45, 2.75) is 6.54 Å². The van der Waals surface area contributed by atoms with Gasteiger partial charge in [-0.15, -0.1) is 0 Å². The number of furan rings is 1. The van der Waals surface area contributed by atoms with Gasteiger partial charge in [0.15, 0.2) is 0 Å². The van der Waals surface area contributed by atoms with Crippen LogP contribution < -0.4 is 10.6 Å². The van der Waals surface area contributed by atoms with Gasteiger partial charge < -0.3 is 15.1 Å². The van der Waals surface area contributed by atoms with Crippen molar-refractivity contribution in [3.05, 3.63) is 65.9 Å². The Balaban J connectivity index is 1.73. The Labute approximate surface area is 122 Å². The summed E-state index contributed by atoms with van der Waals surface area (Å²) in [6.45, 7) is 0.575. The van der Waals surface area contributed by atoms with E-state index in [4.69, 9.17) is 4.42 Å². The molecule has 3 aromatic rings. The van der Waals surface area contributed by atoms with E-state index < -0.39 is 0 Å². The van der Waals surface area contributed by atoms with Crippen LogP contribution in [0.2, 0.25) is 0 Å².